The number of ether oxygens (including phenoxy) is 2. The molecule has 22 heteroatoms. The van der Waals surface area contributed by atoms with Crippen LogP contribution in [0.4, 0.5) is 26.3 Å². The van der Waals surface area contributed by atoms with Gasteiger partial charge in [0.25, 0.3) is 0 Å². The van der Waals surface area contributed by atoms with Crippen LogP contribution >= 0.6 is 11.6 Å². The largest absolute Gasteiger partial charge is 0.498 e. The van der Waals surface area contributed by atoms with Crippen LogP contribution in [0.1, 0.15) is 105 Å². The molecule has 1 fully saturated rings. The third kappa shape index (κ3) is 12.4. The molecule has 1 aliphatic heterocycles. The molecule has 6 aromatic rings. The minimum Gasteiger partial charge on any atom is -0.491 e. The Hall–Kier alpha value is -5.49. The topological polar surface area (TPSA) is 194 Å². The average Bonchev–Trinajstić information content (AvgIpc) is 4.14. The van der Waals surface area contributed by atoms with E-state index in [1.54, 1.807) is 69.0 Å². The van der Waals surface area contributed by atoms with Crippen molar-refractivity contribution < 1.29 is 75.8 Å². The Balaban J connectivity index is 0.000000177. The first-order valence-electron chi connectivity index (χ1n) is 24.9. The summed E-state index contributed by atoms with van der Waals surface area (Å²) >= 11 is 6.21. The van der Waals surface area contributed by atoms with Gasteiger partial charge in [-0.25, -0.2) is 0 Å². The summed E-state index contributed by atoms with van der Waals surface area (Å²) in [5.41, 5.74) is -9.97. The van der Waals surface area contributed by atoms with Gasteiger partial charge in [-0.2, -0.15) is 36.5 Å². The molecule has 2 aliphatic carbocycles. The van der Waals surface area contributed by atoms with Gasteiger partial charge in [-0.05, 0) is 130 Å². The molecule has 3 aliphatic rings. The molecular weight excluding hydrogens is 1050 g/mol. The van der Waals surface area contributed by atoms with Gasteiger partial charge in [0.05, 0.1) is 57.9 Å². The van der Waals surface area contributed by atoms with E-state index in [2.05, 4.69) is 10.2 Å². The number of rotatable bonds is 12. The molecule has 6 N–H and O–H groups in total. The molecular formula is C56H66BClF6N4O10. The van der Waals surface area contributed by atoms with Crippen molar-refractivity contribution in [3.63, 3.8) is 0 Å². The number of benzene rings is 4. The Morgan fingerprint density at radius 1 is 0.551 bits per heavy atom. The van der Waals surface area contributed by atoms with E-state index >= 15 is 0 Å². The Morgan fingerprint density at radius 2 is 0.962 bits per heavy atom. The van der Waals surface area contributed by atoms with Crippen LogP contribution in [-0.2, 0) is 33.6 Å². The molecule has 14 nitrogen and oxygen atoms in total. The molecule has 9 rings (SSSR count). The number of aliphatic hydroxyl groups is 6. The molecule has 3 heterocycles. The highest BCUT2D eigenvalue weighted by molar-refractivity contribution is 6.62. The third-order valence-electron chi connectivity index (χ3n) is 13.4. The van der Waals surface area contributed by atoms with E-state index in [1.807, 2.05) is 33.9 Å². The summed E-state index contributed by atoms with van der Waals surface area (Å²) < 4.78 is 111. The number of aromatic nitrogens is 4. The van der Waals surface area contributed by atoms with Gasteiger partial charge in [0.2, 0.25) is 11.2 Å². The summed E-state index contributed by atoms with van der Waals surface area (Å²) in [6.45, 7) is 21.2. The zero-order valence-corrected chi connectivity index (χ0v) is 46.2. The third-order valence-corrected chi connectivity index (χ3v) is 13.7. The number of fused-ring (bicyclic) bond motifs is 6. The van der Waals surface area contributed by atoms with Crippen LogP contribution in [0.25, 0.3) is 33.4 Å². The van der Waals surface area contributed by atoms with Gasteiger partial charge >= 0.3 is 19.5 Å². The summed E-state index contributed by atoms with van der Waals surface area (Å²) in [7, 11) is -0.402. The van der Waals surface area contributed by atoms with Crippen LogP contribution in [0, 0.1) is 0 Å². The van der Waals surface area contributed by atoms with Gasteiger partial charge in [-0.3, -0.25) is 9.36 Å². The van der Waals surface area contributed by atoms with E-state index in [4.69, 9.17) is 30.4 Å². The second-order valence-corrected chi connectivity index (χ2v) is 23.9. The van der Waals surface area contributed by atoms with Gasteiger partial charge in [0, 0.05) is 57.4 Å². The highest BCUT2D eigenvalue weighted by atomic mass is 35.5. The molecule has 78 heavy (non-hydrogen) atoms. The Bertz CT molecular complexity index is 3140. The number of halogens is 7. The van der Waals surface area contributed by atoms with Crippen molar-refractivity contribution in [2.24, 2.45) is 0 Å². The maximum Gasteiger partial charge on any atom is 0.498 e. The molecule has 4 aromatic carbocycles. The quantitative estimate of drug-likeness (QED) is 0.0503. The molecule has 0 unspecified atom stereocenters. The lowest BCUT2D eigenvalue weighted by Crippen LogP contribution is -2.41. The van der Waals surface area contributed by atoms with Gasteiger partial charge in [0.1, 0.15) is 24.7 Å². The molecule has 0 spiro atoms. The Kier molecular flexibility index (Phi) is 15.9. The molecule has 422 valence electrons. The summed E-state index contributed by atoms with van der Waals surface area (Å²) in [5.74, 6) is 0.114. The maximum absolute atomic E-state index is 14.4. The van der Waals surface area contributed by atoms with Crippen molar-refractivity contribution in [2.75, 3.05) is 13.2 Å². The van der Waals surface area contributed by atoms with E-state index in [0.717, 1.165) is 11.5 Å². The predicted molar refractivity (Wildman–Crippen MR) is 282 cm³/mol. The highest BCUT2D eigenvalue weighted by Crippen LogP contribution is 2.59. The van der Waals surface area contributed by atoms with E-state index < -0.39 is 53.1 Å². The van der Waals surface area contributed by atoms with Crippen LogP contribution in [-0.4, -0.2) is 116 Å². The fraction of sp³-hybridized carbons (Fsp3) is 0.464. The Morgan fingerprint density at radius 3 is 1.41 bits per heavy atom. The van der Waals surface area contributed by atoms with Crippen molar-refractivity contribution in [3.8, 4) is 44.9 Å². The normalized spacial score (nSPS) is 19.5. The number of alkyl halides is 6. The van der Waals surface area contributed by atoms with E-state index in [1.165, 1.54) is 81.0 Å². The first-order chi connectivity index (χ1) is 35.6. The van der Waals surface area contributed by atoms with Gasteiger partial charge in [-0.1, -0.05) is 60.1 Å². The first kappa shape index (κ1) is 60.2. The SMILES string of the molecule is CC(C)(O)COc1cc(-c2cnn(CC(C)(C)O)c2)c2c(c1)[C@@](O)(C(F)(F)F)c1ccccc1-2.CC(C)(O)COc1cc(Cl)c2c(c1)[C@@](O)(C(F)(F)F)c1ccccc1-2.CC(C)(O)Cn1cc(B2OC(C)(C)C(C)(C)O2)cn1. The van der Waals surface area contributed by atoms with Crippen molar-refractivity contribution in [2.45, 2.75) is 153 Å². The number of hydrogen-bond donors (Lipinski definition) is 6. The van der Waals surface area contributed by atoms with Crippen LogP contribution in [0.15, 0.2) is 97.6 Å². The zero-order valence-electron chi connectivity index (χ0n) is 45.4. The molecule has 1 saturated heterocycles. The van der Waals surface area contributed by atoms with Crippen LogP contribution in [0.3, 0.4) is 0 Å². The molecule has 0 bridgehead atoms. The average molecular weight is 1120 g/mol. The molecule has 0 saturated carbocycles. The minimum absolute atomic E-state index is 0.0378. The van der Waals surface area contributed by atoms with Crippen LogP contribution in [0.2, 0.25) is 5.02 Å². The first-order valence-corrected chi connectivity index (χ1v) is 25.3. The van der Waals surface area contributed by atoms with Crippen molar-refractivity contribution in [1.29, 1.82) is 0 Å². The molecule has 2 atom stereocenters. The van der Waals surface area contributed by atoms with Gasteiger partial charge in [-0.15, -0.1) is 0 Å². The Labute approximate surface area is 454 Å². The van der Waals surface area contributed by atoms with E-state index in [9.17, 15) is 57.0 Å². The summed E-state index contributed by atoms with van der Waals surface area (Å²) in [6.07, 6.45) is -3.22. The summed E-state index contributed by atoms with van der Waals surface area (Å²) in [6, 6.07) is 16.9. The number of nitrogens with zero attached hydrogens (tertiary/aromatic N) is 4. The van der Waals surface area contributed by atoms with E-state index in [-0.39, 0.29) is 92.0 Å². The van der Waals surface area contributed by atoms with Crippen molar-refractivity contribution in [1.82, 2.24) is 19.6 Å². The van der Waals surface area contributed by atoms with Gasteiger partial charge in [0.15, 0.2) is 0 Å². The lowest BCUT2D eigenvalue weighted by Gasteiger charge is -2.32. The number of hydrogen-bond acceptors (Lipinski definition) is 12. The van der Waals surface area contributed by atoms with Crippen molar-refractivity contribution in [3.05, 3.63) is 125 Å². The second kappa shape index (κ2) is 20.6. The molecule has 0 amide bonds. The second-order valence-electron chi connectivity index (χ2n) is 23.5. The summed E-state index contributed by atoms with van der Waals surface area (Å²) in [4.78, 5) is 0. The lowest BCUT2D eigenvalue weighted by atomic mass is 9.82. The maximum atomic E-state index is 14.4. The smallest absolute Gasteiger partial charge is 0.491 e. The van der Waals surface area contributed by atoms with Crippen LogP contribution < -0.4 is 14.9 Å². The van der Waals surface area contributed by atoms with Gasteiger partial charge < -0.3 is 49.4 Å². The summed E-state index contributed by atoms with van der Waals surface area (Å²) in [5, 5.41) is 70.0. The monoisotopic (exact) mass is 1110 g/mol. The fourth-order valence-corrected chi connectivity index (χ4v) is 9.44. The lowest BCUT2D eigenvalue weighted by molar-refractivity contribution is -0.247. The highest BCUT2D eigenvalue weighted by Gasteiger charge is 2.63. The van der Waals surface area contributed by atoms with Crippen LogP contribution in [0.5, 0.6) is 11.5 Å². The molecule has 0 radical (unpaired) electrons. The minimum atomic E-state index is -4.99. The fourth-order valence-electron chi connectivity index (χ4n) is 9.13. The zero-order chi connectivity index (χ0) is 58.2. The standard InChI is InChI=1S/C25H27F3N2O4.C18H16ClF3O3.C13H23BN2O3/c1-22(2,31)13-30-12-15(11-29-30)18-9-16(34-14-23(3,4)32)10-20-21(18)17-7-5-6-8-19(17)24(20,33)25(26,27)28;1-16(2,23)9-25-10-7-13-15(14(19)8-10)11-5-3-4-6-12(11)17(13,24)18(20,21)22;1-11(2,17)9-16-8-10(7-15-16)14-18-12(3,4)13(5,6)19-14/h5-12,31-33H,13-14H2,1-4H3;3-8,23-24H,9H2,1-2H3;7-8,17H,9H2,1-6H3/t24-;17-;/m11./s1. The molecule has 2 aromatic heterocycles. The predicted octanol–water partition coefficient (Wildman–Crippen LogP) is 9.47. The van der Waals surface area contributed by atoms with Crippen molar-refractivity contribution >= 4 is 24.2 Å². The van der Waals surface area contributed by atoms with E-state index in [0.29, 0.717) is 17.7 Å².